The van der Waals surface area contributed by atoms with Crippen LogP contribution in [0.25, 0.3) is 0 Å². The van der Waals surface area contributed by atoms with Crippen LogP contribution in [0.2, 0.25) is 0 Å². The van der Waals surface area contributed by atoms with Gasteiger partial charge in [-0.1, -0.05) is 5.16 Å². The number of carbonyl (C=O) groups is 1. The number of nitrogens with zero attached hydrogens (tertiary/aromatic N) is 3. The molecular formula is C13H23N5O4S. The first kappa shape index (κ1) is 17.7. The summed E-state index contributed by atoms with van der Waals surface area (Å²) in [5.41, 5.74) is 0. The van der Waals surface area contributed by atoms with Gasteiger partial charge in [0.05, 0.1) is 12.8 Å². The molecule has 9 nitrogen and oxygen atoms in total. The summed E-state index contributed by atoms with van der Waals surface area (Å²) in [4.78, 5) is 15.8. The van der Waals surface area contributed by atoms with Crippen LogP contribution in [0.4, 0.5) is 4.79 Å². The Balaban J connectivity index is 1.85. The maximum Gasteiger partial charge on any atom is 0.315 e. The van der Waals surface area contributed by atoms with Gasteiger partial charge >= 0.3 is 6.03 Å². The minimum Gasteiger partial charge on any atom is -0.337 e. The summed E-state index contributed by atoms with van der Waals surface area (Å²) in [6.07, 6.45) is 2.54. The third-order valence-corrected chi connectivity index (χ3v) is 4.90. The van der Waals surface area contributed by atoms with E-state index in [-0.39, 0.29) is 24.5 Å². The monoisotopic (exact) mass is 345 g/mol. The molecule has 1 aromatic rings. The summed E-state index contributed by atoms with van der Waals surface area (Å²) >= 11 is 0. The zero-order valence-electron chi connectivity index (χ0n) is 13.6. The Kier molecular flexibility index (Phi) is 5.58. The molecule has 1 aliphatic heterocycles. The van der Waals surface area contributed by atoms with Gasteiger partial charge in [0, 0.05) is 25.0 Å². The number of urea groups is 1. The fourth-order valence-corrected chi connectivity index (χ4v) is 3.29. The second kappa shape index (κ2) is 7.26. The molecule has 130 valence electrons. The van der Waals surface area contributed by atoms with Crippen molar-refractivity contribution in [1.29, 1.82) is 0 Å². The summed E-state index contributed by atoms with van der Waals surface area (Å²) in [6, 6.07) is -0.241. The molecule has 1 fully saturated rings. The Morgan fingerprint density at radius 3 is 2.61 bits per heavy atom. The van der Waals surface area contributed by atoms with Crippen molar-refractivity contribution in [3.63, 3.8) is 0 Å². The lowest BCUT2D eigenvalue weighted by Gasteiger charge is -2.28. The third kappa shape index (κ3) is 5.17. The lowest BCUT2D eigenvalue weighted by molar-refractivity contribution is 0.236. The highest BCUT2D eigenvalue weighted by atomic mass is 32.2. The molecule has 0 aliphatic carbocycles. The van der Waals surface area contributed by atoms with E-state index in [9.17, 15) is 13.2 Å². The van der Waals surface area contributed by atoms with Crippen molar-refractivity contribution < 1.29 is 17.7 Å². The predicted molar refractivity (Wildman–Crippen MR) is 83.2 cm³/mol. The number of rotatable bonds is 5. The van der Waals surface area contributed by atoms with E-state index in [1.807, 2.05) is 13.8 Å². The lowest BCUT2D eigenvalue weighted by Crippen LogP contribution is -2.39. The van der Waals surface area contributed by atoms with Crippen molar-refractivity contribution in [2.24, 2.45) is 0 Å². The van der Waals surface area contributed by atoms with Crippen molar-refractivity contribution >= 4 is 16.1 Å². The van der Waals surface area contributed by atoms with Crippen LogP contribution in [0, 0.1) is 0 Å². The van der Waals surface area contributed by atoms with E-state index in [0.717, 1.165) is 0 Å². The van der Waals surface area contributed by atoms with Crippen LogP contribution in [0.15, 0.2) is 4.52 Å². The molecule has 0 radical (unpaired) electrons. The normalized spacial score (nSPS) is 17.4. The van der Waals surface area contributed by atoms with Crippen LogP contribution in [0.3, 0.4) is 0 Å². The summed E-state index contributed by atoms with van der Waals surface area (Å²) in [6.45, 7) is 4.82. The number of sulfonamides is 1. The predicted octanol–water partition coefficient (Wildman–Crippen LogP) is 0.416. The molecule has 23 heavy (non-hydrogen) atoms. The van der Waals surface area contributed by atoms with Gasteiger partial charge in [0.1, 0.15) is 0 Å². The van der Waals surface area contributed by atoms with Crippen LogP contribution < -0.4 is 10.6 Å². The molecule has 1 aliphatic rings. The van der Waals surface area contributed by atoms with Gasteiger partial charge in [-0.05, 0) is 26.7 Å². The van der Waals surface area contributed by atoms with E-state index >= 15 is 0 Å². The van der Waals surface area contributed by atoms with Crippen LogP contribution in [0.5, 0.6) is 0 Å². The topological polar surface area (TPSA) is 117 Å². The molecular weight excluding hydrogens is 322 g/mol. The molecule has 2 N–H and O–H groups in total. The van der Waals surface area contributed by atoms with E-state index in [1.165, 1.54) is 10.6 Å². The fourth-order valence-electron chi connectivity index (χ4n) is 2.42. The van der Waals surface area contributed by atoms with Gasteiger partial charge in [-0.2, -0.15) is 4.98 Å². The molecule has 0 unspecified atom stereocenters. The van der Waals surface area contributed by atoms with Crippen molar-refractivity contribution in [3.8, 4) is 0 Å². The zero-order valence-corrected chi connectivity index (χ0v) is 14.4. The van der Waals surface area contributed by atoms with Gasteiger partial charge in [0.15, 0.2) is 5.82 Å². The highest BCUT2D eigenvalue weighted by Gasteiger charge is 2.28. The Morgan fingerprint density at radius 2 is 2.04 bits per heavy atom. The molecule has 2 amide bonds. The largest absolute Gasteiger partial charge is 0.337 e. The molecule has 0 atom stereocenters. The van der Waals surface area contributed by atoms with Crippen molar-refractivity contribution in [1.82, 2.24) is 25.1 Å². The number of aromatic nitrogens is 2. The highest BCUT2D eigenvalue weighted by Crippen LogP contribution is 2.26. The Labute approximate surface area is 135 Å². The average molecular weight is 345 g/mol. The van der Waals surface area contributed by atoms with E-state index in [4.69, 9.17) is 4.52 Å². The molecule has 0 bridgehead atoms. The van der Waals surface area contributed by atoms with Gasteiger partial charge in [0.25, 0.3) is 0 Å². The summed E-state index contributed by atoms with van der Waals surface area (Å²) in [5, 5.41) is 9.28. The minimum absolute atomic E-state index is 0.0493. The Bertz CT molecular complexity index is 635. The molecule has 0 aromatic carbocycles. The molecule has 10 heteroatoms. The number of amides is 2. The Hall–Kier alpha value is -1.68. The molecule has 0 spiro atoms. The minimum atomic E-state index is -3.14. The second-order valence-electron chi connectivity index (χ2n) is 5.96. The van der Waals surface area contributed by atoms with Crippen molar-refractivity contribution in [2.75, 3.05) is 19.3 Å². The van der Waals surface area contributed by atoms with E-state index < -0.39 is 10.0 Å². The summed E-state index contributed by atoms with van der Waals surface area (Å²) in [5.74, 6) is 0.985. The smallest absolute Gasteiger partial charge is 0.315 e. The van der Waals surface area contributed by atoms with E-state index in [0.29, 0.717) is 37.6 Å². The summed E-state index contributed by atoms with van der Waals surface area (Å²) < 4.78 is 29.6. The molecule has 2 heterocycles. The maximum absolute atomic E-state index is 11.5. The van der Waals surface area contributed by atoms with Crippen LogP contribution in [0.1, 0.15) is 44.3 Å². The number of nitrogens with one attached hydrogen (secondary N) is 2. The number of hydrogen-bond donors (Lipinski definition) is 2. The second-order valence-corrected chi connectivity index (χ2v) is 7.95. The van der Waals surface area contributed by atoms with Gasteiger partial charge in [-0.15, -0.1) is 0 Å². The first-order chi connectivity index (χ1) is 10.8. The number of carbonyl (C=O) groups excluding carboxylic acids is 1. The fraction of sp³-hybridized carbons (Fsp3) is 0.769. The quantitative estimate of drug-likeness (QED) is 0.798. The van der Waals surface area contributed by atoms with Crippen LogP contribution in [-0.2, 0) is 16.6 Å². The number of piperidine rings is 1. The van der Waals surface area contributed by atoms with Gasteiger partial charge in [0.2, 0.25) is 15.9 Å². The number of hydrogen-bond acceptors (Lipinski definition) is 6. The highest BCUT2D eigenvalue weighted by molar-refractivity contribution is 7.88. The SMILES string of the molecule is CC(C)NC(=O)NCc1nc(C2CCN(S(C)(=O)=O)CC2)no1. The van der Waals surface area contributed by atoms with E-state index in [1.54, 1.807) is 0 Å². The molecule has 0 saturated carbocycles. The van der Waals surface area contributed by atoms with Crippen molar-refractivity contribution in [3.05, 3.63) is 11.7 Å². The first-order valence-corrected chi connectivity index (χ1v) is 9.42. The van der Waals surface area contributed by atoms with Crippen molar-refractivity contribution in [2.45, 2.75) is 45.2 Å². The van der Waals surface area contributed by atoms with Crippen LogP contribution in [-0.4, -0.2) is 54.3 Å². The van der Waals surface area contributed by atoms with Gasteiger partial charge < -0.3 is 15.2 Å². The standard InChI is InChI=1S/C13H23N5O4S/c1-9(2)15-13(19)14-8-11-16-12(17-22-11)10-4-6-18(7-5-10)23(3,20)21/h9-10H,4-8H2,1-3H3,(H2,14,15,19). The van der Waals surface area contributed by atoms with E-state index in [2.05, 4.69) is 20.8 Å². The van der Waals surface area contributed by atoms with Crippen LogP contribution >= 0.6 is 0 Å². The van der Waals surface area contributed by atoms with Gasteiger partial charge in [-0.3, -0.25) is 0 Å². The zero-order chi connectivity index (χ0) is 17.0. The first-order valence-electron chi connectivity index (χ1n) is 7.57. The molecule has 1 saturated heterocycles. The average Bonchev–Trinajstić information content (AvgIpc) is 2.92. The maximum atomic E-state index is 11.5. The summed E-state index contributed by atoms with van der Waals surface area (Å²) in [7, 11) is -3.14. The Morgan fingerprint density at radius 1 is 1.39 bits per heavy atom. The van der Waals surface area contributed by atoms with Gasteiger partial charge in [-0.25, -0.2) is 17.5 Å². The lowest BCUT2D eigenvalue weighted by atomic mass is 9.98. The molecule has 2 rings (SSSR count). The third-order valence-electron chi connectivity index (χ3n) is 3.59. The molecule has 1 aromatic heterocycles.